The molecule has 3 unspecified atom stereocenters. The predicted octanol–water partition coefficient (Wildman–Crippen LogP) is 5.16. The van der Waals surface area contributed by atoms with Crippen LogP contribution in [0.1, 0.15) is 113 Å². The van der Waals surface area contributed by atoms with Gasteiger partial charge in [0.1, 0.15) is 5.54 Å². The third-order valence-corrected chi connectivity index (χ3v) is 9.41. The molecule has 3 aliphatic heterocycles. The van der Waals surface area contributed by atoms with Crippen LogP contribution in [0.25, 0.3) is 0 Å². The summed E-state index contributed by atoms with van der Waals surface area (Å²) in [6.07, 6.45) is 10.3. The fourth-order valence-electron chi connectivity index (χ4n) is 8.47. The van der Waals surface area contributed by atoms with Gasteiger partial charge >= 0.3 is 0 Å². The summed E-state index contributed by atoms with van der Waals surface area (Å²) in [6, 6.07) is 0.265. The Morgan fingerprint density at radius 2 is 1.43 bits per heavy atom. The number of fused-ring (bicyclic) bond motifs is 1. The van der Waals surface area contributed by atoms with Gasteiger partial charge in [-0.25, -0.2) is 0 Å². The molecular formula is C26H46N4. The van der Waals surface area contributed by atoms with Crippen molar-refractivity contribution in [1.29, 1.82) is 0 Å². The summed E-state index contributed by atoms with van der Waals surface area (Å²) in [7, 11) is 0. The Hall–Kier alpha value is -0.450. The maximum atomic E-state index is 12.4. The summed E-state index contributed by atoms with van der Waals surface area (Å²) in [4.78, 5) is 8.26. The van der Waals surface area contributed by atoms with E-state index >= 15 is 0 Å². The summed E-state index contributed by atoms with van der Waals surface area (Å²) < 4.78 is 0. The molecule has 4 fully saturated rings. The van der Waals surface area contributed by atoms with Crippen molar-refractivity contribution in [3.05, 3.63) is 0 Å². The molecule has 3 heterocycles. The maximum absolute atomic E-state index is 12.4. The van der Waals surface area contributed by atoms with Gasteiger partial charge in [0.2, 0.25) is 0 Å². The molecule has 4 aliphatic rings. The van der Waals surface area contributed by atoms with E-state index in [1.807, 2.05) is 0 Å². The highest BCUT2D eigenvalue weighted by Crippen LogP contribution is 2.66. The first-order chi connectivity index (χ1) is 13.7. The fraction of sp³-hybridized carbons (Fsp3) is 0.962. The average Bonchev–Trinajstić information content (AvgIpc) is 2.62. The van der Waals surface area contributed by atoms with Gasteiger partial charge in [0.25, 0.3) is 0 Å². The summed E-state index contributed by atoms with van der Waals surface area (Å²) in [6.45, 7) is 19.8. The molecular weight excluding hydrogens is 368 g/mol. The number of nitrogens with zero attached hydrogens (tertiary/aromatic N) is 3. The number of aliphatic imine (C=N–C) groups is 1. The van der Waals surface area contributed by atoms with E-state index in [2.05, 4.69) is 65.6 Å². The molecule has 0 aromatic carbocycles. The van der Waals surface area contributed by atoms with Gasteiger partial charge in [-0.05, 0) is 100 Å². The van der Waals surface area contributed by atoms with E-state index in [0.717, 1.165) is 44.4 Å². The number of hydrogen-bond donors (Lipinski definition) is 1. The summed E-state index contributed by atoms with van der Waals surface area (Å²) in [5, 5.41) is 3.80. The molecule has 0 aromatic heterocycles. The van der Waals surface area contributed by atoms with Crippen LogP contribution in [0.15, 0.2) is 4.99 Å². The third kappa shape index (κ3) is 3.15. The highest BCUT2D eigenvalue weighted by molar-refractivity contribution is 6.03. The minimum Gasteiger partial charge on any atom is -0.307 e. The van der Waals surface area contributed by atoms with E-state index in [1.165, 1.54) is 25.7 Å². The van der Waals surface area contributed by atoms with Crippen LogP contribution >= 0.6 is 0 Å². The molecule has 1 spiro atoms. The van der Waals surface area contributed by atoms with Gasteiger partial charge in [0, 0.05) is 22.0 Å². The molecule has 170 valence electrons. The van der Waals surface area contributed by atoms with Crippen molar-refractivity contribution in [2.24, 2.45) is 10.4 Å². The number of nitrogens with one attached hydrogen (secondary N) is 1. The number of rotatable bonds is 1. The highest BCUT2D eigenvalue weighted by Gasteiger charge is 2.74. The van der Waals surface area contributed by atoms with Gasteiger partial charge < -0.3 is 5.32 Å². The van der Waals surface area contributed by atoms with Gasteiger partial charge in [-0.15, -0.1) is 5.73 Å². The van der Waals surface area contributed by atoms with Gasteiger partial charge in [-0.1, -0.05) is 19.3 Å². The van der Waals surface area contributed by atoms with Crippen molar-refractivity contribution in [3.8, 4) is 0 Å². The lowest BCUT2D eigenvalue weighted by molar-refractivity contribution is -0.155. The van der Waals surface area contributed by atoms with Crippen LogP contribution in [-0.4, -0.2) is 50.9 Å². The lowest BCUT2D eigenvalue weighted by Gasteiger charge is -2.74. The normalized spacial score (nSPS) is 43.6. The monoisotopic (exact) mass is 414 g/mol. The summed E-state index contributed by atoms with van der Waals surface area (Å²) in [5.41, 5.74) is 12.6. The molecule has 2 radical (unpaired) electrons. The van der Waals surface area contributed by atoms with E-state index in [1.54, 1.807) is 0 Å². The van der Waals surface area contributed by atoms with Crippen LogP contribution in [0.4, 0.5) is 0 Å². The lowest BCUT2D eigenvalue weighted by atomic mass is 9.40. The van der Waals surface area contributed by atoms with Crippen molar-refractivity contribution in [1.82, 2.24) is 16.0 Å². The number of piperidine rings is 2. The van der Waals surface area contributed by atoms with Crippen molar-refractivity contribution in [2.75, 3.05) is 6.54 Å². The molecule has 30 heavy (non-hydrogen) atoms. The summed E-state index contributed by atoms with van der Waals surface area (Å²) in [5.74, 6) is 0. The van der Waals surface area contributed by atoms with Crippen LogP contribution in [0.3, 0.4) is 0 Å². The molecule has 3 atom stereocenters. The van der Waals surface area contributed by atoms with E-state index in [9.17, 15) is 5.73 Å². The zero-order valence-corrected chi connectivity index (χ0v) is 21.0. The fourth-order valence-corrected chi connectivity index (χ4v) is 8.47. The second-order valence-electron chi connectivity index (χ2n) is 13.3. The predicted molar refractivity (Wildman–Crippen MR) is 126 cm³/mol. The van der Waals surface area contributed by atoms with Crippen LogP contribution in [0, 0.1) is 5.41 Å². The molecule has 1 aliphatic carbocycles. The first kappa shape index (κ1) is 22.7. The first-order valence-electron chi connectivity index (χ1n) is 12.6. The standard InChI is InChI=1S/C26H46N4/c1-21(2)17-19(18-22(3,4)29-21)28-20-23(5,6)30-16-12-10-9-11-13-25(24(30,7)8)14-15-26(20,25)27/h19,29H,9-18H2,1-8H3. The SMILES string of the molecule is CC1(C)CC(N=C2C(C)(C)N3CCCCCCC4(CCC24[N])C3(C)C)CC(C)(C)N1. The van der Waals surface area contributed by atoms with Crippen molar-refractivity contribution < 1.29 is 0 Å². The van der Waals surface area contributed by atoms with Crippen LogP contribution < -0.4 is 11.1 Å². The van der Waals surface area contributed by atoms with Crippen molar-refractivity contribution >= 4 is 5.71 Å². The van der Waals surface area contributed by atoms with Crippen molar-refractivity contribution in [3.63, 3.8) is 0 Å². The molecule has 4 heteroatoms. The van der Waals surface area contributed by atoms with Crippen molar-refractivity contribution in [2.45, 2.75) is 147 Å². The minimum absolute atomic E-state index is 0.0144. The Labute approximate surface area is 185 Å². The molecule has 4 nitrogen and oxygen atoms in total. The molecule has 0 amide bonds. The molecule has 2 bridgehead atoms. The van der Waals surface area contributed by atoms with Crippen LogP contribution in [-0.2, 0) is 0 Å². The maximum Gasteiger partial charge on any atom is 0.101 e. The lowest BCUT2D eigenvalue weighted by Crippen LogP contribution is -2.85. The Morgan fingerprint density at radius 3 is 2.00 bits per heavy atom. The summed E-state index contributed by atoms with van der Waals surface area (Å²) >= 11 is 0. The second kappa shape index (κ2) is 6.78. The van der Waals surface area contributed by atoms with E-state index in [0.29, 0.717) is 0 Å². The average molecular weight is 415 g/mol. The first-order valence-corrected chi connectivity index (χ1v) is 12.6. The third-order valence-electron chi connectivity index (χ3n) is 9.41. The van der Waals surface area contributed by atoms with Crippen LogP contribution in [0.5, 0.6) is 0 Å². The highest BCUT2D eigenvalue weighted by atomic mass is 15.3. The van der Waals surface area contributed by atoms with E-state index < -0.39 is 5.54 Å². The largest absolute Gasteiger partial charge is 0.307 e. The van der Waals surface area contributed by atoms with Gasteiger partial charge in [0.05, 0.1) is 17.3 Å². The molecule has 4 rings (SSSR count). The van der Waals surface area contributed by atoms with Gasteiger partial charge in [0.15, 0.2) is 0 Å². The molecule has 3 saturated heterocycles. The van der Waals surface area contributed by atoms with Gasteiger partial charge in [-0.3, -0.25) is 9.89 Å². The van der Waals surface area contributed by atoms with E-state index in [4.69, 9.17) is 4.99 Å². The topological polar surface area (TPSA) is 49.9 Å². The Balaban J connectivity index is 1.82. The Morgan fingerprint density at radius 1 is 0.833 bits per heavy atom. The molecule has 1 N–H and O–H groups in total. The molecule has 0 aromatic rings. The number of hydrogen-bond acceptors (Lipinski definition) is 3. The zero-order chi connectivity index (χ0) is 22.2. The second-order valence-corrected chi connectivity index (χ2v) is 13.3. The quantitative estimate of drug-likeness (QED) is 0.644. The van der Waals surface area contributed by atoms with Crippen LogP contribution in [0.2, 0.25) is 0 Å². The molecule has 1 saturated carbocycles. The Kier molecular flexibility index (Phi) is 5.13. The Bertz CT molecular complexity index is 703. The zero-order valence-electron chi connectivity index (χ0n) is 21.0. The smallest absolute Gasteiger partial charge is 0.101 e. The van der Waals surface area contributed by atoms with E-state index in [-0.39, 0.29) is 33.6 Å². The van der Waals surface area contributed by atoms with Gasteiger partial charge in [-0.2, -0.15) is 0 Å². The minimum atomic E-state index is -0.750.